The van der Waals surface area contributed by atoms with Gasteiger partial charge < -0.3 is 16.0 Å². The van der Waals surface area contributed by atoms with Gasteiger partial charge in [-0.2, -0.15) is 0 Å². The molecule has 162 valence electrons. The first-order valence-electron chi connectivity index (χ1n) is 11.2. The summed E-state index contributed by atoms with van der Waals surface area (Å²) in [4.78, 5) is 26.6. The van der Waals surface area contributed by atoms with Crippen LogP contribution in [-0.4, -0.2) is 30.9 Å². The van der Waals surface area contributed by atoms with Crippen molar-refractivity contribution in [2.24, 2.45) is 29.1 Å². The number of halogens is 2. The molecule has 0 radical (unpaired) electrons. The molecule has 30 heavy (non-hydrogen) atoms. The molecule has 5 rings (SSSR count). The molecule has 3 aliphatic carbocycles. The van der Waals surface area contributed by atoms with E-state index in [-0.39, 0.29) is 47.5 Å². The van der Waals surface area contributed by atoms with Crippen LogP contribution in [0.15, 0.2) is 22.7 Å². The quantitative estimate of drug-likeness (QED) is 0.609. The normalized spacial score (nSPS) is 31.7. The Morgan fingerprint density at radius 2 is 1.73 bits per heavy atom. The average molecular weight is 478 g/mol. The van der Waals surface area contributed by atoms with Crippen LogP contribution < -0.4 is 16.0 Å². The van der Waals surface area contributed by atoms with Gasteiger partial charge in [-0.1, -0.05) is 22.0 Å². The first-order chi connectivity index (χ1) is 14.5. The van der Waals surface area contributed by atoms with Crippen molar-refractivity contribution < 1.29 is 14.0 Å². The van der Waals surface area contributed by atoms with Crippen LogP contribution in [0.25, 0.3) is 0 Å². The van der Waals surface area contributed by atoms with Crippen LogP contribution in [0.5, 0.6) is 0 Å². The second kappa shape index (κ2) is 7.90. The molecule has 1 aromatic rings. The number of hydrogen-bond acceptors (Lipinski definition) is 3. The van der Waals surface area contributed by atoms with Crippen molar-refractivity contribution in [3.63, 3.8) is 0 Å². The Morgan fingerprint density at radius 3 is 2.37 bits per heavy atom. The third-order valence-electron chi connectivity index (χ3n) is 8.11. The topological polar surface area (TPSA) is 70.2 Å². The Morgan fingerprint density at radius 1 is 1.07 bits per heavy atom. The number of nitrogens with one attached hydrogen (secondary N) is 3. The van der Waals surface area contributed by atoms with Crippen LogP contribution >= 0.6 is 15.9 Å². The lowest BCUT2D eigenvalue weighted by Crippen LogP contribution is -2.49. The van der Waals surface area contributed by atoms with Gasteiger partial charge in [0.2, 0.25) is 11.8 Å². The van der Waals surface area contributed by atoms with Crippen LogP contribution in [0, 0.1) is 34.9 Å². The van der Waals surface area contributed by atoms with Crippen molar-refractivity contribution >= 4 is 27.7 Å². The first-order valence-corrected chi connectivity index (χ1v) is 12.0. The van der Waals surface area contributed by atoms with Crippen molar-refractivity contribution in [3.8, 4) is 0 Å². The van der Waals surface area contributed by atoms with Crippen LogP contribution in [0.3, 0.4) is 0 Å². The van der Waals surface area contributed by atoms with Crippen molar-refractivity contribution in [2.45, 2.75) is 51.1 Å². The Kier molecular flexibility index (Phi) is 5.38. The molecule has 1 aromatic carbocycles. The Balaban J connectivity index is 1.31. The summed E-state index contributed by atoms with van der Waals surface area (Å²) in [5.41, 5.74) is 0.674. The number of carbonyl (C=O) groups excluding carboxylic acids is 2. The van der Waals surface area contributed by atoms with E-state index < -0.39 is 0 Å². The minimum atomic E-state index is -0.337. The molecule has 3 saturated carbocycles. The standard InChI is InChI=1S/C23H29BrFN3O2/c24-14-2-1-13(18(25)11-14)12-27-21(29)19-16-3-4-17(23(16)7-8-23)20(19)22(30)28-15-5-9-26-10-6-15/h1-2,11,15-17,19-20,26H,3-10,12H2,(H,27,29)(H,28,30)/t16?,17?,19-,20-/m1/s1. The van der Waals surface area contributed by atoms with Crippen LogP contribution in [0.1, 0.15) is 44.1 Å². The molecule has 1 heterocycles. The van der Waals surface area contributed by atoms with E-state index in [1.54, 1.807) is 12.1 Å². The lowest BCUT2D eigenvalue weighted by Gasteiger charge is -2.32. The van der Waals surface area contributed by atoms with Gasteiger partial charge in [-0.25, -0.2) is 4.39 Å². The van der Waals surface area contributed by atoms with Crippen molar-refractivity contribution in [1.82, 2.24) is 16.0 Å². The Hall–Kier alpha value is -1.47. The van der Waals surface area contributed by atoms with Gasteiger partial charge in [0.1, 0.15) is 5.82 Å². The lowest BCUT2D eigenvalue weighted by atomic mass is 9.78. The molecule has 0 aromatic heterocycles. The zero-order valence-corrected chi connectivity index (χ0v) is 18.6. The van der Waals surface area contributed by atoms with Gasteiger partial charge in [-0.3, -0.25) is 9.59 Å². The van der Waals surface area contributed by atoms with Gasteiger partial charge in [0.25, 0.3) is 0 Å². The molecular weight excluding hydrogens is 449 g/mol. The molecule has 3 N–H and O–H groups in total. The molecule has 1 spiro atoms. The molecule has 2 unspecified atom stereocenters. The predicted molar refractivity (Wildman–Crippen MR) is 115 cm³/mol. The SMILES string of the molecule is O=C(NCc1ccc(Br)cc1F)[C@@H]1C2CCC([C@H]1C(=O)NC1CCNCC1)C21CC1. The smallest absolute Gasteiger partial charge is 0.224 e. The zero-order valence-electron chi connectivity index (χ0n) is 17.1. The maximum Gasteiger partial charge on any atom is 0.224 e. The molecular formula is C23H29BrFN3O2. The maximum absolute atomic E-state index is 14.2. The third kappa shape index (κ3) is 3.48. The second-order valence-corrected chi connectivity index (χ2v) is 10.5. The highest BCUT2D eigenvalue weighted by Gasteiger charge is 2.71. The molecule has 1 aliphatic heterocycles. The van der Waals surface area contributed by atoms with E-state index in [1.165, 1.54) is 6.07 Å². The third-order valence-corrected chi connectivity index (χ3v) is 8.60. The van der Waals surface area contributed by atoms with E-state index in [0.717, 1.165) is 51.6 Å². The summed E-state index contributed by atoms with van der Waals surface area (Å²) < 4.78 is 14.9. The molecule has 4 fully saturated rings. The van der Waals surface area contributed by atoms with E-state index >= 15 is 0 Å². The number of rotatable bonds is 5. The largest absolute Gasteiger partial charge is 0.353 e. The van der Waals surface area contributed by atoms with E-state index in [0.29, 0.717) is 21.9 Å². The van der Waals surface area contributed by atoms with Crippen molar-refractivity contribution in [2.75, 3.05) is 13.1 Å². The van der Waals surface area contributed by atoms with Crippen LogP contribution in [0.4, 0.5) is 4.39 Å². The summed E-state index contributed by atoms with van der Waals surface area (Å²) in [6, 6.07) is 5.07. The zero-order chi connectivity index (χ0) is 20.9. The molecule has 4 aliphatic rings. The Bertz CT molecular complexity index is 853. The second-order valence-electron chi connectivity index (χ2n) is 9.56. The van der Waals surface area contributed by atoms with Gasteiger partial charge in [0, 0.05) is 22.6 Å². The van der Waals surface area contributed by atoms with E-state index in [1.807, 2.05) is 0 Å². The maximum atomic E-state index is 14.2. The molecule has 2 bridgehead atoms. The van der Waals surface area contributed by atoms with Crippen LogP contribution in [0.2, 0.25) is 0 Å². The fraction of sp³-hybridized carbons (Fsp3) is 0.652. The minimum Gasteiger partial charge on any atom is -0.353 e. The van der Waals surface area contributed by atoms with E-state index in [9.17, 15) is 14.0 Å². The van der Waals surface area contributed by atoms with Crippen molar-refractivity contribution in [1.29, 1.82) is 0 Å². The molecule has 5 nitrogen and oxygen atoms in total. The van der Waals surface area contributed by atoms with Gasteiger partial charge in [-0.05, 0) is 81.0 Å². The summed E-state index contributed by atoms with van der Waals surface area (Å²) >= 11 is 3.26. The number of carbonyl (C=O) groups is 2. The molecule has 4 atom stereocenters. The minimum absolute atomic E-state index is 0.0651. The van der Waals surface area contributed by atoms with E-state index in [2.05, 4.69) is 31.9 Å². The fourth-order valence-corrected chi connectivity index (χ4v) is 6.92. The van der Waals surface area contributed by atoms with Gasteiger partial charge in [-0.15, -0.1) is 0 Å². The van der Waals surface area contributed by atoms with Gasteiger partial charge in [0.15, 0.2) is 0 Å². The summed E-state index contributed by atoms with van der Waals surface area (Å²) in [7, 11) is 0. The van der Waals surface area contributed by atoms with E-state index in [4.69, 9.17) is 0 Å². The van der Waals surface area contributed by atoms with Crippen LogP contribution in [-0.2, 0) is 16.1 Å². The highest BCUT2D eigenvalue weighted by atomic mass is 79.9. The highest BCUT2D eigenvalue weighted by molar-refractivity contribution is 9.10. The molecule has 2 amide bonds. The van der Waals surface area contributed by atoms with Gasteiger partial charge in [0.05, 0.1) is 11.8 Å². The van der Waals surface area contributed by atoms with Crippen molar-refractivity contribution in [3.05, 3.63) is 34.1 Å². The first kappa shape index (κ1) is 20.4. The summed E-state index contributed by atoms with van der Waals surface area (Å²) in [6.07, 6.45) is 6.26. The average Bonchev–Trinajstić information content (AvgIpc) is 3.40. The summed E-state index contributed by atoms with van der Waals surface area (Å²) in [6.45, 7) is 2.00. The van der Waals surface area contributed by atoms with Gasteiger partial charge >= 0.3 is 0 Å². The highest BCUT2D eigenvalue weighted by Crippen LogP contribution is 2.74. The number of piperidine rings is 1. The predicted octanol–water partition coefficient (Wildman–Crippen LogP) is 3.13. The fourth-order valence-electron chi connectivity index (χ4n) is 6.59. The number of amides is 2. The monoisotopic (exact) mass is 477 g/mol. The molecule has 7 heteroatoms. The lowest BCUT2D eigenvalue weighted by molar-refractivity contribution is -0.137. The summed E-state index contributed by atoms with van der Waals surface area (Å²) in [5, 5.41) is 9.54. The number of hydrogen-bond donors (Lipinski definition) is 3. The Labute approximate surface area is 185 Å². The number of benzene rings is 1. The summed E-state index contributed by atoms with van der Waals surface area (Å²) in [5.74, 6) is -0.263. The molecule has 1 saturated heterocycles.